The van der Waals surface area contributed by atoms with Crippen LogP contribution < -0.4 is 5.32 Å². The van der Waals surface area contributed by atoms with E-state index >= 15 is 0 Å². The molecule has 126 valence electrons. The summed E-state index contributed by atoms with van der Waals surface area (Å²) in [7, 11) is 0. The molecule has 3 aliphatic rings. The zero-order valence-corrected chi connectivity index (χ0v) is 14.4. The van der Waals surface area contributed by atoms with Crippen LogP contribution in [0, 0.1) is 17.3 Å². The van der Waals surface area contributed by atoms with Crippen LogP contribution in [0.3, 0.4) is 0 Å². The van der Waals surface area contributed by atoms with Crippen molar-refractivity contribution in [3.8, 4) is 0 Å². The fraction of sp³-hybridized carbons (Fsp3) is 0.947. The molecule has 0 bridgehead atoms. The molecule has 3 fully saturated rings. The summed E-state index contributed by atoms with van der Waals surface area (Å²) in [4.78, 5) is 14.8. The fourth-order valence-corrected chi connectivity index (χ4v) is 5.02. The molecule has 3 nitrogen and oxygen atoms in total. The first-order valence-corrected chi connectivity index (χ1v) is 9.67. The summed E-state index contributed by atoms with van der Waals surface area (Å²) in [6, 6.07) is 0. The molecule has 1 spiro atoms. The van der Waals surface area contributed by atoms with Gasteiger partial charge < -0.3 is 10.2 Å². The maximum atomic E-state index is 12.6. The van der Waals surface area contributed by atoms with Crippen molar-refractivity contribution in [1.29, 1.82) is 0 Å². The molecule has 2 heterocycles. The predicted octanol–water partition coefficient (Wildman–Crippen LogP) is 3.59. The maximum Gasteiger partial charge on any atom is 0.222 e. The highest BCUT2D eigenvalue weighted by molar-refractivity contribution is 5.76. The monoisotopic (exact) mass is 306 g/mol. The Balaban J connectivity index is 1.45. The quantitative estimate of drug-likeness (QED) is 0.864. The summed E-state index contributed by atoms with van der Waals surface area (Å²) < 4.78 is 0. The molecule has 0 aromatic heterocycles. The smallest absolute Gasteiger partial charge is 0.222 e. The van der Waals surface area contributed by atoms with E-state index in [4.69, 9.17) is 0 Å². The summed E-state index contributed by atoms with van der Waals surface area (Å²) in [5.41, 5.74) is 0.607. The van der Waals surface area contributed by atoms with E-state index in [1.165, 1.54) is 57.8 Å². The number of rotatable bonds is 3. The molecule has 1 saturated carbocycles. The normalized spacial score (nSPS) is 27.8. The van der Waals surface area contributed by atoms with Gasteiger partial charge in [0.1, 0.15) is 0 Å². The van der Waals surface area contributed by atoms with Gasteiger partial charge in [-0.15, -0.1) is 0 Å². The third kappa shape index (κ3) is 3.84. The van der Waals surface area contributed by atoms with Gasteiger partial charge in [0.15, 0.2) is 0 Å². The Labute approximate surface area is 136 Å². The van der Waals surface area contributed by atoms with Crippen LogP contribution in [-0.4, -0.2) is 37.0 Å². The van der Waals surface area contributed by atoms with E-state index in [9.17, 15) is 4.79 Å². The predicted molar refractivity (Wildman–Crippen MR) is 90.7 cm³/mol. The molecular weight excluding hydrogens is 272 g/mol. The molecule has 0 aromatic carbocycles. The van der Waals surface area contributed by atoms with Crippen molar-refractivity contribution in [2.75, 3.05) is 26.2 Å². The molecule has 3 heteroatoms. The van der Waals surface area contributed by atoms with E-state index < -0.39 is 0 Å². The van der Waals surface area contributed by atoms with Crippen LogP contribution >= 0.6 is 0 Å². The molecule has 1 aliphatic carbocycles. The SMILES string of the molecule is CC(CC(=O)N1CCC2(CCCCC2)CC1)C1CCNCC1. The number of amides is 1. The van der Waals surface area contributed by atoms with Gasteiger partial charge in [-0.3, -0.25) is 4.79 Å². The standard InChI is InChI=1S/C19H34N2O/c1-16(17-5-11-20-12-6-17)15-18(22)21-13-9-19(10-14-21)7-3-2-4-8-19/h16-17,20H,2-15H2,1H3. The number of carbonyl (C=O) groups excluding carboxylic acids is 1. The minimum Gasteiger partial charge on any atom is -0.343 e. The van der Waals surface area contributed by atoms with Crippen molar-refractivity contribution >= 4 is 5.91 Å². The van der Waals surface area contributed by atoms with E-state index in [1.807, 2.05) is 0 Å². The molecule has 1 atom stereocenters. The lowest BCUT2D eigenvalue weighted by Gasteiger charge is -2.44. The van der Waals surface area contributed by atoms with Gasteiger partial charge in [0.05, 0.1) is 0 Å². The van der Waals surface area contributed by atoms with Gasteiger partial charge in [-0.25, -0.2) is 0 Å². The van der Waals surface area contributed by atoms with Gasteiger partial charge in [-0.1, -0.05) is 26.2 Å². The lowest BCUT2D eigenvalue weighted by Crippen LogP contribution is -2.44. The summed E-state index contributed by atoms with van der Waals surface area (Å²) in [6.07, 6.45) is 12.9. The molecule has 0 radical (unpaired) electrons. The minimum atomic E-state index is 0.427. The lowest BCUT2D eigenvalue weighted by molar-refractivity contribution is -0.135. The fourth-order valence-electron chi connectivity index (χ4n) is 5.02. The highest BCUT2D eigenvalue weighted by atomic mass is 16.2. The Morgan fingerprint density at radius 3 is 2.36 bits per heavy atom. The van der Waals surface area contributed by atoms with Crippen LogP contribution in [-0.2, 0) is 4.79 Å². The second kappa shape index (κ2) is 7.33. The number of nitrogens with zero attached hydrogens (tertiary/aromatic N) is 1. The Bertz CT molecular complexity index is 360. The number of hydrogen-bond donors (Lipinski definition) is 1. The second-order valence-corrected chi connectivity index (χ2v) is 8.21. The van der Waals surface area contributed by atoms with E-state index in [-0.39, 0.29) is 0 Å². The van der Waals surface area contributed by atoms with Crippen molar-refractivity contribution in [3.05, 3.63) is 0 Å². The van der Waals surface area contributed by atoms with E-state index in [2.05, 4.69) is 17.1 Å². The van der Waals surface area contributed by atoms with Gasteiger partial charge in [-0.05, 0) is 68.9 Å². The second-order valence-electron chi connectivity index (χ2n) is 8.21. The molecule has 2 saturated heterocycles. The summed E-state index contributed by atoms with van der Waals surface area (Å²) in [6.45, 7) is 6.61. The van der Waals surface area contributed by atoms with Crippen molar-refractivity contribution in [2.24, 2.45) is 17.3 Å². The third-order valence-electron chi connectivity index (χ3n) is 6.78. The Kier molecular flexibility index (Phi) is 5.43. The lowest BCUT2D eigenvalue weighted by atomic mass is 9.68. The minimum absolute atomic E-state index is 0.427. The molecule has 3 rings (SSSR count). The van der Waals surface area contributed by atoms with Gasteiger partial charge in [0, 0.05) is 19.5 Å². The number of hydrogen-bond acceptors (Lipinski definition) is 2. The van der Waals surface area contributed by atoms with E-state index in [1.54, 1.807) is 0 Å². The van der Waals surface area contributed by atoms with Crippen molar-refractivity contribution in [2.45, 2.75) is 71.1 Å². The zero-order valence-electron chi connectivity index (χ0n) is 14.4. The number of carbonyl (C=O) groups is 1. The first kappa shape index (κ1) is 16.3. The Morgan fingerprint density at radius 2 is 1.73 bits per heavy atom. The number of likely N-dealkylation sites (tertiary alicyclic amines) is 1. The third-order valence-corrected chi connectivity index (χ3v) is 6.78. The largest absolute Gasteiger partial charge is 0.343 e. The van der Waals surface area contributed by atoms with Gasteiger partial charge >= 0.3 is 0 Å². The first-order chi connectivity index (χ1) is 10.7. The average molecular weight is 306 g/mol. The molecule has 1 amide bonds. The number of nitrogens with one attached hydrogen (secondary N) is 1. The first-order valence-electron chi connectivity index (χ1n) is 9.67. The van der Waals surface area contributed by atoms with Gasteiger partial charge in [0.2, 0.25) is 5.91 Å². The Morgan fingerprint density at radius 1 is 1.09 bits per heavy atom. The molecule has 1 N–H and O–H groups in total. The summed E-state index contributed by atoms with van der Waals surface area (Å²) in [5.74, 6) is 1.73. The highest BCUT2D eigenvalue weighted by Gasteiger charge is 2.37. The van der Waals surface area contributed by atoms with Crippen LogP contribution in [0.4, 0.5) is 0 Å². The number of piperidine rings is 2. The topological polar surface area (TPSA) is 32.3 Å². The summed E-state index contributed by atoms with van der Waals surface area (Å²) in [5, 5.41) is 3.42. The Hall–Kier alpha value is -0.570. The van der Waals surface area contributed by atoms with Crippen molar-refractivity contribution in [3.63, 3.8) is 0 Å². The zero-order chi connectivity index (χ0) is 15.4. The van der Waals surface area contributed by atoms with Crippen LogP contribution in [0.15, 0.2) is 0 Å². The van der Waals surface area contributed by atoms with Crippen molar-refractivity contribution < 1.29 is 4.79 Å². The average Bonchev–Trinajstić information content (AvgIpc) is 2.57. The van der Waals surface area contributed by atoms with Gasteiger partial charge in [0.25, 0.3) is 0 Å². The van der Waals surface area contributed by atoms with Crippen LogP contribution in [0.1, 0.15) is 71.1 Å². The molecular formula is C19H34N2O. The highest BCUT2D eigenvalue weighted by Crippen LogP contribution is 2.44. The molecule has 0 aromatic rings. The van der Waals surface area contributed by atoms with E-state index in [0.717, 1.165) is 38.5 Å². The van der Waals surface area contributed by atoms with Crippen molar-refractivity contribution in [1.82, 2.24) is 10.2 Å². The van der Waals surface area contributed by atoms with Crippen LogP contribution in [0.5, 0.6) is 0 Å². The van der Waals surface area contributed by atoms with E-state index in [0.29, 0.717) is 17.2 Å². The van der Waals surface area contributed by atoms with Crippen LogP contribution in [0.25, 0.3) is 0 Å². The molecule has 2 aliphatic heterocycles. The summed E-state index contributed by atoms with van der Waals surface area (Å²) >= 11 is 0. The molecule has 1 unspecified atom stereocenters. The van der Waals surface area contributed by atoms with Gasteiger partial charge in [-0.2, -0.15) is 0 Å². The van der Waals surface area contributed by atoms with Crippen LogP contribution in [0.2, 0.25) is 0 Å². The molecule has 22 heavy (non-hydrogen) atoms. The maximum absolute atomic E-state index is 12.6.